The molecule has 0 aliphatic rings. The smallest absolute Gasteiger partial charge is 0.323 e. The Labute approximate surface area is 116 Å². The Bertz CT molecular complexity index is 387. The van der Waals surface area contributed by atoms with Gasteiger partial charge >= 0.3 is 14.5 Å². The van der Waals surface area contributed by atoms with Gasteiger partial charge in [0, 0.05) is 11.6 Å². The fourth-order valence-corrected chi connectivity index (χ4v) is 2.33. The summed E-state index contributed by atoms with van der Waals surface area (Å²) in [5.41, 5.74) is 0. The van der Waals surface area contributed by atoms with Crippen LogP contribution in [-0.4, -0.2) is 26.2 Å². The Morgan fingerprint density at radius 1 is 1.33 bits per heavy atom. The Kier molecular flexibility index (Phi) is 6.57. The summed E-state index contributed by atoms with van der Waals surface area (Å²) in [7, 11) is 1.47. The van der Waals surface area contributed by atoms with Crippen molar-refractivity contribution in [2.24, 2.45) is 0 Å². The van der Waals surface area contributed by atoms with E-state index in [-0.39, 0.29) is 5.97 Å². The zero-order valence-electron chi connectivity index (χ0n) is 10.3. The molecule has 0 heterocycles. The summed E-state index contributed by atoms with van der Waals surface area (Å²) in [6.07, 6.45) is 0. The molecule has 0 aliphatic carbocycles. The molecule has 0 radical (unpaired) electrons. The van der Waals surface area contributed by atoms with Gasteiger partial charge in [0.2, 0.25) is 0 Å². The predicted octanol–water partition coefficient (Wildman–Crippen LogP) is 2.85. The molecule has 1 rings (SSSR count). The first-order valence-electron chi connectivity index (χ1n) is 5.18. The van der Waals surface area contributed by atoms with Gasteiger partial charge in [0.15, 0.2) is 0 Å². The molecule has 0 aromatic heterocycles. The van der Waals surface area contributed by atoms with Crippen molar-refractivity contribution >= 4 is 30.4 Å². The summed E-state index contributed by atoms with van der Waals surface area (Å²) >= 11 is 3.34. The first-order valence-corrected chi connectivity index (χ1v) is 7.15. The molecule has 0 amide bonds. The van der Waals surface area contributed by atoms with E-state index in [1.54, 1.807) is 6.92 Å². The minimum atomic E-state index is -1.39. The van der Waals surface area contributed by atoms with Crippen molar-refractivity contribution in [3.05, 3.63) is 28.7 Å². The average Bonchev–Trinajstić information content (AvgIpc) is 2.39. The van der Waals surface area contributed by atoms with E-state index in [9.17, 15) is 4.79 Å². The highest BCUT2D eigenvalue weighted by molar-refractivity contribution is 9.10. The van der Waals surface area contributed by atoms with Gasteiger partial charge in [0.1, 0.15) is 11.8 Å². The van der Waals surface area contributed by atoms with Gasteiger partial charge in [-0.15, -0.1) is 0 Å². The van der Waals surface area contributed by atoms with Crippen molar-refractivity contribution in [3.63, 3.8) is 0 Å². The lowest BCUT2D eigenvalue weighted by molar-refractivity contribution is -0.142. The maximum absolute atomic E-state index is 11.3. The van der Waals surface area contributed by atoms with Gasteiger partial charge in [-0.2, -0.15) is 0 Å². The fourth-order valence-electron chi connectivity index (χ4n) is 1.10. The second-order valence-corrected chi connectivity index (χ2v) is 5.59. The second kappa shape index (κ2) is 7.69. The molecule has 0 fully saturated rings. The molecule has 0 spiro atoms. The Hall–Kier alpha value is -0.680. The molecule has 1 aromatic rings. The summed E-state index contributed by atoms with van der Waals surface area (Å²) in [6.45, 7) is 1.69. The maximum Gasteiger partial charge on any atom is 0.323 e. The van der Waals surface area contributed by atoms with Crippen molar-refractivity contribution < 1.29 is 18.6 Å². The lowest BCUT2D eigenvalue weighted by Crippen LogP contribution is -2.32. The van der Waals surface area contributed by atoms with E-state index in [0.29, 0.717) is 5.75 Å². The SMILES string of the molecule is COC(=O)[C@H](C)NP(OC)Oc1ccc(Br)cc1. The third kappa shape index (κ3) is 4.90. The average molecular weight is 336 g/mol. The molecule has 2 atom stereocenters. The first kappa shape index (κ1) is 15.4. The maximum atomic E-state index is 11.3. The van der Waals surface area contributed by atoms with E-state index in [0.717, 1.165) is 4.47 Å². The van der Waals surface area contributed by atoms with Crippen LogP contribution in [0.3, 0.4) is 0 Å². The van der Waals surface area contributed by atoms with E-state index >= 15 is 0 Å². The Balaban J connectivity index is 2.56. The molecule has 1 aromatic carbocycles. The quantitative estimate of drug-likeness (QED) is 0.640. The van der Waals surface area contributed by atoms with E-state index < -0.39 is 14.6 Å². The fraction of sp³-hybridized carbons (Fsp3) is 0.364. The number of ether oxygens (including phenoxy) is 1. The molecular formula is C11H15BrNO4P. The minimum absolute atomic E-state index is 0.362. The lowest BCUT2D eigenvalue weighted by Gasteiger charge is -2.19. The monoisotopic (exact) mass is 335 g/mol. The van der Waals surface area contributed by atoms with Gasteiger partial charge in [0.05, 0.1) is 7.11 Å². The van der Waals surface area contributed by atoms with Gasteiger partial charge in [-0.3, -0.25) is 4.79 Å². The number of halogens is 1. The summed E-state index contributed by atoms with van der Waals surface area (Å²) in [5.74, 6) is 0.301. The summed E-state index contributed by atoms with van der Waals surface area (Å²) < 4.78 is 16.3. The van der Waals surface area contributed by atoms with E-state index in [1.165, 1.54) is 14.2 Å². The number of hydrogen-bond acceptors (Lipinski definition) is 5. The van der Waals surface area contributed by atoms with Crippen LogP contribution in [0.4, 0.5) is 0 Å². The van der Waals surface area contributed by atoms with Crippen LogP contribution in [0, 0.1) is 0 Å². The normalized spacial score (nSPS) is 13.8. The van der Waals surface area contributed by atoms with E-state index in [1.807, 2.05) is 24.3 Å². The molecule has 0 saturated heterocycles. The van der Waals surface area contributed by atoms with Gasteiger partial charge in [0.25, 0.3) is 0 Å². The standard InChI is InChI=1S/C11H15BrNO4P/c1-8(11(14)15-2)13-18(16-3)17-10-6-4-9(12)5-7-10/h4-8,13H,1-3H3/t8-,18?/m0/s1. The topological polar surface area (TPSA) is 56.8 Å². The van der Waals surface area contributed by atoms with Crippen molar-refractivity contribution in [2.75, 3.05) is 14.2 Å². The van der Waals surface area contributed by atoms with Gasteiger partial charge in [-0.25, -0.2) is 5.09 Å². The van der Waals surface area contributed by atoms with E-state index in [2.05, 4.69) is 25.8 Å². The first-order chi connectivity index (χ1) is 8.56. The molecule has 0 bridgehead atoms. The third-order valence-electron chi connectivity index (χ3n) is 2.02. The van der Waals surface area contributed by atoms with Crippen LogP contribution in [0.15, 0.2) is 28.7 Å². The molecule has 18 heavy (non-hydrogen) atoms. The largest absolute Gasteiger partial charge is 0.468 e. The molecule has 1 unspecified atom stereocenters. The summed E-state index contributed by atoms with van der Waals surface area (Å²) in [6, 6.07) is 6.85. The van der Waals surface area contributed by atoms with Crippen molar-refractivity contribution in [1.29, 1.82) is 0 Å². The molecule has 7 heteroatoms. The van der Waals surface area contributed by atoms with Crippen LogP contribution >= 0.6 is 24.5 Å². The second-order valence-electron chi connectivity index (χ2n) is 3.36. The number of methoxy groups -OCH3 is 1. The predicted molar refractivity (Wildman–Crippen MR) is 73.3 cm³/mol. The molecule has 100 valence electrons. The molecule has 0 saturated carbocycles. The highest BCUT2D eigenvalue weighted by Gasteiger charge is 2.20. The van der Waals surface area contributed by atoms with Crippen molar-refractivity contribution in [2.45, 2.75) is 13.0 Å². The van der Waals surface area contributed by atoms with Gasteiger partial charge in [-0.1, -0.05) is 15.9 Å². The minimum Gasteiger partial charge on any atom is -0.468 e. The molecule has 5 nitrogen and oxygen atoms in total. The number of esters is 1. The zero-order valence-corrected chi connectivity index (χ0v) is 12.8. The van der Waals surface area contributed by atoms with Crippen LogP contribution in [0.1, 0.15) is 6.92 Å². The van der Waals surface area contributed by atoms with Crippen molar-refractivity contribution in [3.8, 4) is 5.75 Å². The number of benzene rings is 1. The highest BCUT2D eigenvalue weighted by Crippen LogP contribution is 2.35. The van der Waals surface area contributed by atoms with Crippen molar-refractivity contribution in [1.82, 2.24) is 5.09 Å². The third-order valence-corrected chi connectivity index (χ3v) is 3.86. The summed E-state index contributed by atoms with van der Waals surface area (Å²) in [5, 5.41) is 2.91. The number of hydrogen-bond donors (Lipinski definition) is 1. The number of carbonyl (C=O) groups is 1. The molecular weight excluding hydrogens is 321 g/mol. The van der Waals surface area contributed by atoms with Gasteiger partial charge in [-0.05, 0) is 31.2 Å². The van der Waals surface area contributed by atoms with E-state index in [4.69, 9.17) is 9.05 Å². The molecule has 0 aliphatic heterocycles. The Morgan fingerprint density at radius 2 is 1.94 bits per heavy atom. The number of nitrogens with one attached hydrogen (secondary N) is 1. The Morgan fingerprint density at radius 3 is 2.44 bits per heavy atom. The summed E-state index contributed by atoms with van der Waals surface area (Å²) in [4.78, 5) is 11.3. The highest BCUT2D eigenvalue weighted by atomic mass is 79.9. The van der Waals surface area contributed by atoms with Gasteiger partial charge < -0.3 is 13.8 Å². The zero-order chi connectivity index (χ0) is 13.5. The van der Waals surface area contributed by atoms with Crippen LogP contribution in [0.2, 0.25) is 0 Å². The lowest BCUT2D eigenvalue weighted by atomic mass is 10.3. The van der Waals surface area contributed by atoms with Crippen LogP contribution in [-0.2, 0) is 14.1 Å². The van der Waals surface area contributed by atoms with Crippen LogP contribution in [0.5, 0.6) is 5.75 Å². The molecule has 1 N–H and O–H groups in total. The van der Waals surface area contributed by atoms with Crippen LogP contribution in [0.25, 0.3) is 0 Å². The van der Waals surface area contributed by atoms with Crippen LogP contribution < -0.4 is 9.61 Å². The number of carbonyl (C=O) groups excluding carboxylic acids is 1. The number of rotatable bonds is 6.